The Morgan fingerprint density at radius 1 is 1.41 bits per heavy atom. The standard InChI is InChI=1S/C12H20BrN3O/c1-9(2)4-5-12(3,17)8-16-11-14-6-10(13)7-15-11/h6-7,9,17H,4-5,8H2,1-3H3,(H,14,15,16)/t12-/m0/s1. The number of halogens is 1. The first-order chi connectivity index (χ1) is 7.89. The normalized spacial score (nSPS) is 14.7. The highest BCUT2D eigenvalue weighted by atomic mass is 79.9. The summed E-state index contributed by atoms with van der Waals surface area (Å²) >= 11 is 3.27. The maximum Gasteiger partial charge on any atom is 0.222 e. The summed E-state index contributed by atoms with van der Waals surface area (Å²) in [6.07, 6.45) is 5.14. The van der Waals surface area contributed by atoms with Gasteiger partial charge in [0.15, 0.2) is 0 Å². The summed E-state index contributed by atoms with van der Waals surface area (Å²) in [5.74, 6) is 1.14. The fraction of sp³-hybridized carbons (Fsp3) is 0.667. The third-order valence-electron chi connectivity index (χ3n) is 2.51. The molecular formula is C12H20BrN3O. The topological polar surface area (TPSA) is 58.0 Å². The van der Waals surface area contributed by atoms with E-state index >= 15 is 0 Å². The Hall–Kier alpha value is -0.680. The van der Waals surface area contributed by atoms with Crippen molar-refractivity contribution in [3.05, 3.63) is 16.9 Å². The van der Waals surface area contributed by atoms with E-state index in [-0.39, 0.29) is 0 Å². The number of nitrogens with one attached hydrogen (secondary N) is 1. The van der Waals surface area contributed by atoms with Gasteiger partial charge in [0.2, 0.25) is 5.95 Å². The van der Waals surface area contributed by atoms with E-state index in [1.165, 1.54) is 0 Å². The maximum absolute atomic E-state index is 10.2. The monoisotopic (exact) mass is 301 g/mol. The molecule has 0 amide bonds. The molecule has 1 atom stereocenters. The van der Waals surface area contributed by atoms with Gasteiger partial charge in [-0.05, 0) is 41.6 Å². The molecule has 1 heterocycles. The highest BCUT2D eigenvalue weighted by Gasteiger charge is 2.20. The van der Waals surface area contributed by atoms with Gasteiger partial charge in [0.05, 0.1) is 10.1 Å². The first-order valence-electron chi connectivity index (χ1n) is 5.83. The molecule has 0 fully saturated rings. The van der Waals surface area contributed by atoms with Crippen molar-refractivity contribution in [2.24, 2.45) is 5.92 Å². The summed E-state index contributed by atoms with van der Waals surface area (Å²) in [7, 11) is 0. The van der Waals surface area contributed by atoms with Crippen molar-refractivity contribution in [2.45, 2.75) is 39.2 Å². The van der Waals surface area contributed by atoms with Crippen LogP contribution in [0.1, 0.15) is 33.6 Å². The van der Waals surface area contributed by atoms with Gasteiger partial charge in [0.25, 0.3) is 0 Å². The van der Waals surface area contributed by atoms with Crippen LogP contribution in [0, 0.1) is 5.92 Å². The van der Waals surface area contributed by atoms with Crippen molar-refractivity contribution in [3.63, 3.8) is 0 Å². The molecule has 0 aliphatic carbocycles. The SMILES string of the molecule is CC(C)CC[C@](C)(O)CNc1ncc(Br)cn1. The van der Waals surface area contributed by atoms with Crippen LogP contribution in [-0.2, 0) is 0 Å². The second kappa shape index (κ2) is 6.31. The predicted molar refractivity (Wildman–Crippen MR) is 72.9 cm³/mol. The van der Waals surface area contributed by atoms with Gasteiger partial charge in [-0.3, -0.25) is 0 Å². The maximum atomic E-state index is 10.2. The summed E-state index contributed by atoms with van der Waals surface area (Å²) < 4.78 is 0.842. The summed E-state index contributed by atoms with van der Waals surface area (Å²) in [6.45, 7) is 6.60. The highest BCUT2D eigenvalue weighted by Crippen LogP contribution is 2.17. The summed E-state index contributed by atoms with van der Waals surface area (Å²) in [5, 5.41) is 13.2. The Labute approximate surface area is 111 Å². The van der Waals surface area contributed by atoms with Crippen LogP contribution in [0.15, 0.2) is 16.9 Å². The van der Waals surface area contributed by atoms with Gasteiger partial charge < -0.3 is 10.4 Å². The zero-order valence-electron chi connectivity index (χ0n) is 10.6. The van der Waals surface area contributed by atoms with E-state index in [2.05, 4.69) is 45.1 Å². The summed E-state index contributed by atoms with van der Waals surface area (Å²) in [6, 6.07) is 0. The highest BCUT2D eigenvalue weighted by molar-refractivity contribution is 9.10. The van der Waals surface area contributed by atoms with Gasteiger partial charge in [-0.15, -0.1) is 0 Å². The number of nitrogens with zero attached hydrogens (tertiary/aromatic N) is 2. The third-order valence-corrected chi connectivity index (χ3v) is 2.92. The van der Waals surface area contributed by atoms with E-state index < -0.39 is 5.60 Å². The van der Waals surface area contributed by atoms with Crippen LogP contribution in [0.2, 0.25) is 0 Å². The molecule has 0 saturated heterocycles. The molecule has 4 nitrogen and oxygen atoms in total. The van der Waals surface area contributed by atoms with E-state index in [4.69, 9.17) is 0 Å². The Morgan fingerprint density at radius 3 is 2.53 bits per heavy atom. The zero-order valence-corrected chi connectivity index (χ0v) is 12.2. The fourth-order valence-corrected chi connectivity index (χ4v) is 1.57. The molecule has 1 rings (SSSR count). The smallest absolute Gasteiger partial charge is 0.222 e. The Kier molecular flexibility index (Phi) is 5.33. The first-order valence-corrected chi connectivity index (χ1v) is 6.62. The van der Waals surface area contributed by atoms with Gasteiger partial charge in [0.1, 0.15) is 0 Å². The van der Waals surface area contributed by atoms with Crippen molar-refractivity contribution in [1.29, 1.82) is 0 Å². The van der Waals surface area contributed by atoms with E-state index in [9.17, 15) is 5.11 Å². The Morgan fingerprint density at radius 2 is 2.00 bits per heavy atom. The molecule has 5 heteroatoms. The Balaban J connectivity index is 2.40. The summed E-state index contributed by atoms with van der Waals surface area (Å²) in [4.78, 5) is 8.19. The number of hydrogen-bond acceptors (Lipinski definition) is 4. The number of aliphatic hydroxyl groups is 1. The zero-order chi connectivity index (χ0) is 12.9. The van der Waals surface area contributed by atoms with Crippen molar-refractivity contribution >= 4 is 21.9 Å². The molecule has 17 heavy (non-hydrogen) atoms. The molecule has 0 radical (unpaired) electrons. The van der Waals surface area contributed by atoms with Gasteiger partial charge >= 0.3 is 0 Å². The number of rotatable bonds is 6. The average molecular weight is 302 g/mol. The molecule has 2 N–H and O–H groups in total. The van der Waals surface area contributed by atoms with Crippen LogP contribution in [-0.4, -0.2) is 27.2 Å². The van der Waals surface area contributed by atoms with E-state index in [0.717, 1.165) is 17.3 Å². The lowest BCUT2D eigenvalue weighted by Gasteiger charge is -2.24. The average Bonchev–Trinajstić information content (AvgIpc) is 2.26. The molecule has 0 spiro atoms. The second-order valence-electron chi connectivity index (χ2n) is 5.01. The summed E-state index contributed by atoms with van der Waals surface area (Å²) in [5.41, 5.74) is -0.722. The minimum Gasteiger partial charge on any atom is -0.388 e. The minimum absolute atomic E-state index is 0.460. The first kappa shape index (κ1) is 14.4. The third kappa shape index (κ3) is 5.98. The van der Waals surface area contributed by atoms with Gasteiger partial charge in [-0.25, -0.2) is 9.97 Å². The van der Waals surface area contributed by atoms with Crippen LogP contribution in [0.3, 0.4) is 0 Å². The van der Waals surface area contributed by atoms with Gasteiger partial charge in [-0.2, -0.15) is 0 Å². The molecule has 0 aromatic carbocycles. The minimum atomic E-state index is -0.722. The molecule has 0 aliphatic heterocycles. The molecule has 0 bridgehead atoms. The van der Waals surface area contributed by atoms with E-state index in [1.807, 2.05) is 6.92 Å². The van der Waals surface area contributed by atoms with Gasteiger partial charge in [0, 0.05) is 18.9 Å². The van der Waals surface area contributed by atoms with Crippen LogP contribution in [0.25, 0.3) is 0 Å². The predicted octanol–water partition coefficient (Wildman–Crippen LogP) is 2.84. The fourth-order valence-electron chi connectivity index (χ4n) is 1.36. The van der Waals surface area contributed by atoms with Crippen molar-refractivity contribution in [3.8, 4) is 0 Å². The number of hydrogen-bond donors (Lipinski definition) is 2. The molecule has 0 saturated carbocycles. The second-order valence-corrected chi connectivity index (χ2v) is 5.92. The number of aromatic nitrogens is 2. The van der Waals surface area contributed by atoms with E-state index in [1.54, 1.807) is 12.4 Å². The molecule has 1 aromatic heterocycles. The van der Waals surface area contributed by atoms with Gasteiger partial charge in [-0.1, -0.05) is 13.8 Å². The van der Waals surface area contributed by atoms with Crippen molar-refractivity contribution < 1.29 is 5.11 Å². The molecule has 0 unspecified atom stereocenters. The lowest BCUT2D eigenvalue weighted by molar-refractivity contribution is 0.0584. The lowest BCUT2D eigenvalue weighted by atomic mass is 9.95. The molecule has 0 aliphatic rings. The van der Waals surface area contributed by atoms with Crippen LogP contribution in [0.5, 0.6) is 0 Å². The van der Waals surface area contributed by atoms with Crippen LogP contribution >= 0.6 is 15.9 Å². The largest absolute Gasteiger partial charge is 0.388 e. The van der Waals surface area contributed by atoms with E-state index in [0.29, 0.717) is 18.4 Å². The van der Waals surface area contributed by atoms with Crippen molar-refractivity contribution in [1.82, 2.24) is 9.97 Å². The lowest BCUT2D eigenvalue weighted by Crippen LogP contribution is -2.34. The van der Waals surface area contributed by atoms with Crippen LogP contribution < -0.4 is 5.32 Å². The molecular weight excluding hydrogens is 282 g/mol. The molecule has 96 valence electrons. The van der Waals surface area contributed by atoms with Crippen LogP contribution in [0.4, 0.5) is 5.95 Å². The quantitative estimate of drug-likeness (QED) is 0.848. The molecule has 1 aromatic rings. The van der Waals surface area contributed by atoms with Crippen molar-refractivity contribution in [2.75, 3.05) is 11.9 Å². The number of anilines is 1. The Bertz CT molecular complexity index is 338.